The predicted octanol–water partition coefficient (Wildman–Crippen LogP) is 2.19. The third-order valence-electron chi connectivity index (χ3n) is 2.84. The Morgan fingerprint density at radius 3 is 2.29 bits per heavy atom. The minimum Gasteiger partial charge on any atom is -0.395 e. The standard InChI is InChI=1S/C14H18N4O3/c1-11-10-14(17-21-11)16-15-12-2-4-13(5-3-12)18(6-8-19)7-9-20/h2-5,10,19-20H,6-9H2,1H3. The zero-order valence-electron chi connectivity index (χ0n) is 11.8. The molecule has 0 aliphatic carbocycles. The highest BCUT2D eigenvalue weighted by Crippen LogP contribution is 2.22. The number of aliphatic hydroxyl groups excluding tert-OH is 2. The Kier molecular flexibility index (Phi) is 5.42. The summed E-state index contributed by atoms with van der Waals surface area (Å²) < 4.78 is 4.90. The van der Waals surface area contributed by atoms with Crippen LogP contribution in [0.25, 0.3) is 0 Å². The summed E-state index contributed by atoms with van der Waals surface area (Å²) in [6.07, 6.45) is 0. The summed E-state index contributed by atoms with van der Waals surface area (Å²) in [5, 5.41) is 29.8. The van der Waals surface area contributed by atoms with E-state index in [1.165, 1.54) is 0 Å². The van der Waals surface area contributed by atoms with E-state index in [1.54, 1.807) is 13.0 Å². The van der Waals surface area contributed by atoms with E-state index in [9.17, 15) is 0 Å². The van der Waals surface area contributed by atoms with E-state index in [4.69, 9.17) is 14.7 Å². The number of aromatic nitrogens is 1. The number of anilines is 1. The number of aliphatic hydroxyl groups is 2. The molecule has 7 nitrogen and oxygen atoms in total. The Morgan fingerprint density at radius 1 is 1.10 bits per heavy atom. The van der Waals surface area contributed by atoms with Crippen molar-refractivity contribution in [3.05, 3.63) is 36.1 Å². The van der Waals surface area contributed by atoms with Crippen LogP contribution in [0.4, 0.5) is 17.2 Å². The molecule has 7 heteroatoms. The highest BCUT2D eigenvalue weighted by atomic mass is 16.5. The number of hydrogen-bond acceptors (Lipinski definition) is 7. The van der Waals surface area contributed by atoms with Crippen molar-refractivity contribution >= 4 is 17.2 Å². The van der Waals surface area contributed by atoms with Gasteiger partial charge in [0.15, 0.2) is 0 Å². The van der Waals surface area contributed by atoms with E-state index in [0.29, 0.717) is 30.4 Å². The molecule has 2 aromatic rings. The van der Waals surface area contributed by atoms with E-state index in [0.717, 1.165) is 5.69 Å². The van der Waals surface area contributed by atoms with Crippen LogP contribution >= 0.6 is 0 Å². The van der Waals surface area contributed by atoms with Gasteiger partial charge in [0.05, 0.1) is 18.9 Å². The lowest BCUT2D eigenvalue weighted by Crippen LogP contribution is -2.29. The van der Waals surface area contributed by atoms with Crippen LogP contribution in [0.15, 0.2) is 45.1 Å². The van der Waals surface area contributed by atoms with Crippen LogP contribution in [0, 0.1) is 6.92 Å². The first-order valence-electron chi connectivity index (χ1n) is 6.64. The van der Waals surface area contributed by atoms with Gasteiger partial charge in [-0.15, -0.1) is 10.2 Å². The number of benzene rings is 1. The molecule has 2 N–H and O–H groups in total. The fourth-order valence-electron chi connectivity index (χ4n) is 1.85. The van der Waals surface area contributed by atoms with Gasteiger partial charge in [0, 0.05) is 24.8 Å². The number of hydrogen-bond donors (Lipinski definition) is 2. The van der Waals surface area contributed by atoms with Crippen molar-refractivity contribution in [3.8, 4) is 0 Å². The summed E-state index contributed by atoms with van der Waals surface area (Å²) in [5.74, 6) is 1.11. The van der Waals surface area contributed by atoms with Gasteiger partial charge >= 0.3 is 0 Å². The second-order valence-corrected chi connectivity index (χ2v) is 4.45. The van der Waals surface area contributed by atoms with Gasteiger partial charge < -0.3 is 19.6 Å². The molecule has 0 saturated carbocycles. The SMILES string of the molecule is Cc1cc(N=Nc2ccc(N(CCO)CCO)cc2)no1. The number of nitrogens with zero attached hydrogens (tertiary/aromatic N) is 4. The van der Waals surface area contributed by atoms with Crippen molar-refractivity contribution in [1.82, 2.24) is 5.16 Å². The summed E-state index contributed by atoms with van der Waals surface area (Å²) in [7, 11) is 0. The first-order chi connectivity index (χ1) is 10.2. The lowest BCUT2D eigenvalue weighted by atomic mass is 10.2. The van der Waals surface area contributed by atoms with E-state index in [1.807, 2.05) is 29.2 Å². The van der Waals surface area contributed by atoms with Gasteiger partial charge in [0.2, 0.25) is 5.82 Å². The van der Waals surface area contributed by atoms with Crippen molar-refractivity contribution in [2.75, 3.05) is 31.2 Å². The summed E-state index contributed by atoms with van der Waals surface area (Å²) in [6.45, 7) is 2.80. The molecule has 0 fully saturated rings. The predicted molar refractivity (Wildman–Crippen MR) is 78.2 cm³/mol. The zero-order valence-corrected chi connectivity index (χ0v) is 11.8. The van der Waals surface area contributed by atoms with Gasteiger partial charge in [-0.05, 0) is 31.2 Å². The molecule has 1 aromatic heterocycles. The van der Waals surface area contributed by atoms with Gasteiger partial charge in [-0.2, -0.15) is 0 Å². The summed E-state index contributed by atoms with van der Waals surface area (Å²) in [6, 6.07) is 9.06. The molecule has 1 aromatic carbocycles. The summed E-state index contributed by atoms with van der Waals surface area (Å²) in [4.78, 5) is 1.89. The molecule has 112 valence electrons. The molecule has 0 aliphatic rings. The molecule has 0 aliphatic heterocycles. The van der Waals surface area contributed by atoms with Crippen molar-refractivity contribution in [1.29, 1.82) is 0 Å². The van der Waals surface area contributed by atoms with Crippen molar-refractivity contribution in [2.45, 2.75) is 6.92 Å². The number of aryl methyl sites for hydroxylation is 1. The minimum absolute atomic E-state index is 0.0347. The van der Waals surface area contributed by atoms with E-state index >= 15 is 0 Å². The van der Waals surface area contributed by atoms with Gasteiger partial charge in [-0.1, -0.05) is 5.16 Å². The molecule has 0 bridgehead atoms. The Labute approximate surface area is 122 Å². The van der Waals surface area contributed by atoms with Crippen molar-refractivity contribution in [3.63, 3.8) is 0 Å². The third kappa shape index (κ3) is 4.37. The first kappa shape index (κ1) is 15.1. The molecule has 0 atom stereocenters. The van der Waals surface area contributed by atoms with Crippen molar-refractivity contribution in [2.24, 2.45) is 10.2 Å². The summed E-state index contributed by atoms with van der Waals surface area (Å²) in [5.41, 5.74) is 1.60. The van der Waals surface area contributed by atoms with Crippen LogP contribution < -0.4 is 4.90 Å². The van der Waals surface area contributed by atoms with Crippen LogP contribution in [0.2, 0.25) is 0 Å². The average molecular weight is 290 g/mol. The smallest absolute Gasteiger partial charge is 0.216 e. The minimum atomic E-state index is 0.0347. The topological polar surface area (TPSA) is 94.5 Å². The van der Waals surface area contributed by atoms with Crippen molar-refractivity contribution < 1.29 is 14.7 Å². The first-order valence-corrected chi connectivity index (χ1v) is 6.64. The summed E-state index contributed by atoms with van der Waals surface area (Å²) >= 11 is 0. The maximum absolute atomic E-state index is 9.02. The normalized spacial score (nSPS) is 11.2. The Bertz CT molecular complexity index is 574. The van der Waals surface area contributed by atoms with Crippen LogP contribution in [0.1, 0.15) is 5.76 Å². The van der Waals surface area contributed by atoms with Gasteiger partial charge in [-0.25, -0.2) is 0 Å². The highest BCUT2D eigenvalue weighted by molar-refractivity contribution is 5.52. The van der Waals surface area contributed by atoms with Crippen LogP contribution in [0.5, 0.6) is 0 Å². The molecule has 2 rings (SSSR count). The monoisotopic (exact) mass is 290 g/mol. The van der Waals surface area contributed by atoms with Gasteiger partial charge in [0.1, 0.15) is 5.76 Å². The van der Waals surface area contributed by atoms with Gasteiger partial charge in [-0.3, -0.25) is 0 Å². The van der Waals surface area contributed by atoms with E-state index < -0.39 is 0 Å². The lowest BCUT2D eigenvalue weighted by molar-refractivity contribution is 0.281. The molecular weight excluding hydrogens is 272 g/mol. The Morgan fingerprint density at radius 2 is 1.76 bits per heavy atom. The maximum atomic E-state index is 9.02. The number of rotatable bonds is 7. The van der Waals surface area contributed by atoms with Gasteiger partial charge in [0.25, 0.3) is 0 Å². The molecular formula is C14H18N4O3. The van der Waals surface area contributed by atoms with Crippen LogP contribution in [-0.2, 0) is 0 Å². The lowest BCUT2D eigenvalue weighted by Gasteiger charge is -2.22. The number of azo groups is 1. The van der Waals surface area contributed by atoms with E-state index in [2.05, 4.69) is 15.4 Å². The Hall–Kier alpha value is -2.25. The highest BCUT2D eigenvalue weighted by Gasteiger charge is 2.05. The van der Waals surface area contributed by atoms with E-state index in [-0.39, 0.29) is 13.2 Å². The largest absolute Gasteiger partial charge is 0.395 e. The molecule has 0 unspecified atom stereocenters. The molecule has 1 heterocycles. The zero-order chi connectivity index (χ0) is 15.1. The third-order valence-corrected chi connectivity index (χ3v) is 2.84. The molecule has 21 heavy (non-hydrogen) atoms. The maximum Gasteiger partial charge on any atom is 0.216 e. The molecule has 0 radical (unpaired) electrons. The molecule has 0 spiro atoms. The fourth-order valence-corrected chi connectivity index (χ4v) is 1.85. The molecule has 0 amide bonds. The average Bonchev–Trinajstić information content (AvgIpc) is 2.91. The van der Waals surface area contributed by atoms with Crippen LogP contribution in [-0.4, -0.2) is 41.7 Å². The second-order valence-electron chi connectivity index (χ2n) is 4.45. The quantitative estimate of drug-likeness (QED) is 0.762. The Balaban J connectivity index is 2.05. The second kappa shape index (κ2) is 7.51. The molecule has 0 saturated heterocycles. The van der Waals surface area contributed by atoms with Crippen LogP contribution in [0.3, 0.4) is 0 Å². The fraction of sp³-hybridized carbons (Fsp3) is 0.357.